The molecule has 1 aromatic heterocycles. The monoisotopic (exact) mass is 387 g/mol. The van der Waals surface area contributed by atoms with Crippen molar-refractivity contribution in [2.45, 2.75) is 24.9 Å². The van der Waals surface area contributed by atoms with Gasteiger partial charge in [-0.2, -0.15) is 4.31 Å². The van der Waals surface area contributed by atoms with Gasteiger partial charge in [0.25, 0.3) is 0 Å². The molecule has 2 aliphatic rings. The van der Waals surface area contributed by atoms with Gasteiger partial charge < -0.3 is 4.90 Å². The molecule has 2 fully saturated rings. The topological polar surface area (TPSA) is 105 Å². The van der Waals surface area contributed by atoms with Gasteiger partial charge in [0.15, 0.2) is 9.84 Å². The van der Waals surface area contributed by atoms with E-state index >= 15 is 0 Å². The van der Waals surface area contributed by atoms with E-state index in [4.69, 9.17) is 0 Å². The highest BCUT2D eigenvalue weighted by Crippen LogP contribution is 2.29. The van der Waals surface area contributed by atoms with Crippen molar-refractivity contribution in [2.24, 2.45) is 0 Å². The molecule has 1 amide bonds. The average Bonchev–Trinajstić information content (AvgIpc) is 2.86. The third kappa shape index (κ3) is 4.01. The number of aryl methyl sites for hydroxylation is 1. The summed E-state index contributed by atoms with van der Waals surface area (Å²) in [5, 5.41) is 0. The lowest BCUT2D eigenvalue weighted by molar-refractivity contribution is -0.135. The van der Waals surface area contributed by atoms with E-state index in [1.807, 2.05) is 6.07 Å². The summed E-state index contributed by atoms with van der Waals surface area (Å²) in [4.78, 5) is 18.2. The molecule has 1 aromatic rings. The first-order valence-corrected chi connectivity index (χ1v) is 11.7. The van der Waals surface area contributed by atoms with Crippen molar-refractivity contribution in [3.63, 3.8) is 0 Å². The maximum absolute atomic E-state index is 12.6. The van der Waals surface area contributed by atoms with Gasteiger partial charge in [0.1, 0.15) is 0 Å². The number of piperazine rings is 1. The summed E-state index contributed by atoms with van der Waals surface area (Å²) < 4.78 is 49.2. The van der Waals surface area contributed by atoms with Gasteiger partial charge in [-0.25, -0.2) is 16.8 Å². The van der Waals surface area contributed by atoms with E-state index in [0.717, 1.165) is 11.8 Å². The molecule has 2 atom stereocenters. The van der Waals surface area contributed by atoms with E-state index in [2.05, 4.69) is 4.98 Å². The molecule has 0 aliphatic carbocycles. The molecule has 0 spiro atoms. The van der Waals surface area contributed by atoms with Crippen LogP contribution in [0.1, 0.15) is 12.0 Å². The number of amides is 1. The summed E-state index contributed by atoms with van der Waals surface area (Å²) in [7, 11) is -6.88. The van der Waals surface area contributed by atoms with E-state index in [0.29, 0.717) is 6.42 Å². The molecule has 0 saturated carbocycles. The average molecular weight is 387 g/mol. The largest absolute Gasteiger partial charge is 0.336 e. The first-order chi connectivity index (χ1) is 11.7. The number of sulfonamides is 1. The van der Waals surface area contributed by atoms with Gasteiger partial charge in [0.05, 0.1) is 29.8 Å². The number of rotatable bonds is 4. The molecule has 2 aliphatic heterocycles. The van der Waals surface area contributed by atoms with Gasteiger partial charge in [-0.3, -0.25) is 9.78 Å². The summed E-state index contributed by atoms with van der Waals surface area (Å²) in [6.45, 7) is 0.351. The predicted octanol–water partition coefficient (Wildman–Crippen LogP) is -0.716. The van der Waals surface area contributed by atoms with Crippen LogP contribution in [-0.2, 0) is 31.1 Å². The number of carbonyl (C=O) groups excluding carboxylic acids is 1. The summed E-state index contributed by atoms with van der Waals surface area (Å²) in [5.74, 6) is -0.552. The fraction of sp³-hybridized carbons (Fsp3) is 0.600. The van der Waals surface area contributed by atoms with E-state index in [1.54, 1.807) is 23.4 Å². The second kappa shape index (κ2) is 6.65. The van der Waals surface area contributed by atoms with Crippen LogP contribution in [0.5, 0.6) is 0 Å². The standard InChI is InChI=1S/C15H21N3O5S2/c1-24(20,21)18-8-7-17(13-10-25(22,23)11-14(13)18)15(19)5-4-12-3-2-6-16-9-12/h2-3,6,9,13-14H,4-5,7-8,10-11H2,1H3/t13-,14+/m1/s1. The van der Waals surface area contributed by atoms with Crippen molar-refractivity contribution in [1.29, 1.82) is 0 Å². The smallest absolute Gasteiger partial charge is 0.223 e. The highest BCUT2D eigenvalue weighted by molar-refractivity contribution is 7.92. The third-order valence-electron chi connectivity index (χ3n) is 4.72. The van der Waals surface area contributed by atoms with Crippen molar-refractivity contribution in [3.05, 3.63) is 30.1 Å². The number of aromatic nitrogens is 1. The molecule has 25 heavy (non-hydrogen) atoms. The van der Waals surface area contributed by atoms with Crippen LogP contribution in [0.2, 0.25) is 0 Å². The van der Waals surface area contributed by atoms with E-state index in [-0.39, 0.29) is 36.9 Å². The Balaban J connectivity index is 1.75. The SMILES string of the molecule is CS(=O)(=O)N1CCN(C(=O)CCc2cccnc2)[C@@H]2CS(=O)(=O)C[C@@H]21. The zero-order chi connectivity index (χ0) is 18.2. The third-order valence-corrected chi connectivity index (χ3v) is 7.73. The van der Waals surface area contributed by atoms with Gasteiger partial charge in [0.2, 0.25) is 15.9 Å². The number of carbonyl (C=O) groups is 1. The quantitative estimate of drug-likeness (QED) is 0.675. The van der Waals surface area contributed by atoms with Crippen molar-refractivity contribution in [2.75, 3.05) is 30.9 Å². The Hall–Kier alpha value is -1.52. The zero-order valence-electron chi connectivity index (χ0n) is 13.9. The van der Waals surface area contributed by atoms with Crippen LogP contribution in [0.4, 0.5) is 0 Å². The van der Waals surface area contributed by atoms with Crippen LogP contribution in [-0.4, -0.2) is 79.9 Å². The first-order valence-electron chi connectivity index (χ1n) is 8.03. The molecule has 10 heteroatoms. The molecule has 0 radical (unpaired) electrons. The Morgan fingerprint density at radius 2 is 2.00 bits per heavy atom. The number of pyridine rings is 1. The van der Waals surface area contributed by atoms with Crippen molar-refractivity contribution < 1.29 is 21.6 Å². The molecule has 3 rings (SSSR count). The number of sulfone groups is 1. The van der Waals surface area contributed by atoms with Crippen molar-refractivity contribution in [3.8, 4) is 0 Å². The molecule has 3 heterocycles. The summed E-state index contributed by atoms with van der Waals surface area (Å²) >= 11 is 0. The zero-order valence-corrected chi connectivity index (χ0v) is 15.5. The predicted molar refractivity (Wildman–Crippen MR) is 92.1 cm³/mol. The fourth-order valence-electron chi connectivity index (χ4n) is 3.58. The highest BCUT2D eigenvalue weighted by Gasteiger charge is 2.50. The molecule has 0 aromatic carbocycles. The number of fused-ring (bicyclic) bond motifs is 1. The van der Waals surface area contributed by atoms with Crippen LogP contribution in [0.3, 0.4) is 0 Å². The Morgan fingerprint density at radius 3 is 2.64 bits per heavy atom. The summed E-state index contributed by atoms with van der Waals surface area (Å²) in [6.07, 6.45) is 5.19. The summed E-state index contributed by atoms with van der Waals surface area (Å²) in [6, 6.07) is 2.39. The van der Waals surface area contributed by atoms with E-state index < -0.39 is 31.9 Å². The fourth-order valence-corrected chi connectivity index (χ4v) is 6.78. The number of hydrogen-bond acceptors (Lipinski definition) is 6. The first kappa shape index (κ1) is 18.3. The highest BCUT2D eigenvalue weighted by atomic mass is 32.2. The summed E-state index contributed by atoms with van der Waals surface area (Å²) in [5.41, 5.74) is 0.932. The lowest BCUT2D eigenvalue weighted by Gasteiger charge is -2.42. The minimum absolute atomic E-state index is 0.133. The van der Waals surface area contributed by atoms with Gasteiger partial charge >= 0.3 is 0 Å². The molecular formula is C15H21N3O5S2. The number of hydrogen-bond donors (Lipinski definition) is 0. The molecule has 0 N–H and O–H groups in total. The molecule has 0 bridgehead atoms. The second-order valence-electron chi connectivity index (χ2n) is 6.53. The molecular weight excluding hydrogens is 366 g/mol. The lowest BCUT2D eigenvalue weighted by atomic mass is 10.1. The molecule has 0 unspecified atom stereocenters. The maximum Gasteiger partial charge on any atom is 0.223 e. The van der Waals surface area contributed by atoms with E-state index in [9.17, 15) is 21.6 Å². The van der Waals surface area contributed by atoms with Gasteiger partial charge in [-0.1, -0.05) is 6.07 Å². The molecule has 2 saturated heterocycles. The molecule has 8 nitrogen and oxygen atoms in total. The van der Waals surface area contributed by atoms with Gasteiger partial charge in [-0.15, -0.1) is 0 Å². The Bertz CT molecular complexity index is 854. The minimum atomic E-state index is -3.51. The second-order valence-corrected chi connectivity index (χ2v) is 10.6. The van der Waals surface area contributed by atoms with Crippen LogP contribution in [0, 0.1) is 0 Å². The minimum Gasteiger partial charge on any atom is -0.336 e. The van der Waals surface area contributed by atoms with Crippen molar-refractivity contribution in [1.82, 2.24) is 14.2 Å². The van der Waals surface area contributed by atoms with Crippen LogP contribution >= 0.6 is 0 Å². The Morgan fingerprint density at radius 1 is 1.28 bits per heavy atom. The van der Waals surface area contributed by atoms with Gasteiger partial charge in [0, 0.05) is 31.9 Å². The normalized spacial score (nSPS) is 26.4. The van der Waals surface area contributed by atoms with Crippen LogP contribution in [0.15, 0.2) is 24.5 Å². The van der Waals surface area contributed by atoms with Gasteiger partial charge in [-0.05, 0) is 18.1 Å². The Labute approximate surface area is 147 Å². The van der Waals surface area contributed by atoms with Crippen molar-refractivity contribution >= 4 is 25.8 Å². The van der Waals surface area contributed by atoms with Crippen LogP contribution < -0.4 is 0 Å². The maximum atomic E-state index is 12.6. The molecule has 138 valence electrons. The number of nitrogens with zero attached hydrogens (tertiary/aromatic N) is 3. The van der Waals surface area contributed by atoms with E-state index in [1.165, 1.54) is 4.31 Å². The lowest BCUT2D eigenvalue weighted by Crippen LogP contribution is -2.61. The van der Waals surface area contributed by atoms with Crippen LogP contribution in [0.25, 0.3) is 0 Å². The Kier molecular flexibility index (Phi) is 4.86.